The number of Topliss-reactive ketones (excluding diaryl/α,β-unsaturated/α-hetero) is 1. The molecule has 0 bridgehead atoms. The quantitative estimate of drug-likeness (QED) is 0.580. The van der Waals surface area contributed by atoms with Gasteiger partial charge in [0.2, 0.25) is 5.88 Å². The van der Waals surface area contributed by atoms with Crippen molar-refractivity contribution in [3.8, 4) is 11.6 Å². The second kappa shape index (κ2) is 8.64. The van der Waals surface area contributed by atoms with Crippen LogP contribution in [0.15, 0.2) is 54.4 Å². The molecule has 0 aliphatic carbocycles. The van der Waals surface area contributed by atoms with E-state index < -0.39 is 29.7 Å². The molecule has 1 atom stereocenters. The summed E-state index contributed by atoms with van der Waals surface area (Å²) in [6.45, 7) is 3.23. The highest BCUT2D eigenvalue weighted by molar-refractivity contribution is 6.17. The van der Waals surface area contributed by atoms with E-state index in [1.54, 1.807) is 30.7 Å². The Labute approximate surface area is 173 Å². The lowest BCUT2D eigenvalue weighted by Gasteiger charge is -2.26. The number of nitrogens with one attached hydrogen (secondary N) is 2. The maximum Gasteiger partial charge on any atom is 0.320 e. The van der Waals surface area contributed by atoms with Gasteiger partial charge in [-0.25, -0.2) is 4.79 Å². The molecule has 2 N–H and O–H groups in total. The lowest BCUT2D eigenvalue weighted by molar-refractivity contribution is -0.136. The fourth-order valence-electron chi connectivity index (χ4n) is 2.97. The van der Waals surface area contributed by atoms with Gasteiger partial charge < -0.3 is 20.3 Å². The van der Waals surface area contributed by atoms with Crippen LogP contribution in [-0.2, 0) is 14.4 Å². The van der Waals surface area contributed by atoms with Crippen LogP contribution in [0.1, 0.15) is 20.3 Å². The Balaban J connectivity index is 1.84. The molecule has 156 valence electrons. The summed E-state index contributed by atoms with van der Waals surface area (Å²) in [6, 6.07) is 8.60. The molecule has 0 spiro atoms. The Kier molecular flexibility index (Phi) is 6.01. The number of urea groups is 1. The monoisotopic (exact) mass is 410 g/mol. The van der Waals surface area contributed by atoms with Gasteiger partial charge in [-0.3, -0.25) is 19.0 Å². The van der Waals surface area contributed by atoms with Gasteiger partial charge in [-0.2, -0.15) is 0 Å². The average Bonchev–Trinajstić information content (AvgIpc) is 3.12. The standard InChI is InChI=1S/C21H22N4O5/c1-4-16(26)30-20-15(10-11-25(20)14-8-6-5-7-9-14)22-21(29)23-17-18(27)13(2)12-24(3)19(17)28/h5-12,17H,4H2,1-3H3,(H2,22,23,29). The number of nitrogens with zero attached hydrogens (tertiary/aromatic N) is 2. The lowest BCUT2D eigenvalue weighted by Crippen LogP contribution is -2.54. The molecule has 9 heteroatoms. The summed E-state index contributed by atoms with van der Waals surface area (Å²) in [5.41, 5.74) is 1.30. The predicted molar refractivity (Wildman–Crippen MR) is 109 cm³/mol. The molecule has 1 aliphatic rings. The molecule has 0 saturated carbocycles. The number of carbonyl (C=O) groups is 4. The minimum atomic E-state index is -1.32. The van der Waals surface area contributed by atoms with Crippen LogP contribution in [-0.4, -0.2) is 46.2 Å². The maximum atomic E-state index is 12.5. The zero-order valence-corrected chi connectivity index (χ0v) is 16.8. The number of likely N-dealkylation sites (N-methyl/N-ethyl adjacent to an activating group) is 1. The van der Waals surface area contributed by atoms with Gasteiger partial charge in [0, 0.05) is 37.1 Å². The molecule has 3 rings (SSSR count). The van der Waals surface area contributed by atoms with Gasteiger partial charge in [0.25, 0.3) is 5.91 Å². The summed E-state index contributed by atoms with van der Waals surface area (Å²) >= 11 is 0. The van der Waals surface area contributed by atoms with Gasteiger partial charge in [0.15, 0.2) is 11.8 Å². The van der Waals surface area contributed by atoms with Crippen LogP contribution < -0.4 is 15.4 Å². The molecule has 3 amide bonds. The highest BCUT2D eigenvalue weighted by Gasteiger charge is 2.35. The van der Waals surface area contributed by atoms with Crippen LogP contribution in [0, 0.1) is 0 Å². The van der Waals surface area contributed by atoms with Crippen molar-refractivity contribution in [2.24, 2.45) is 0 Å². The fourth-order valence-corrected chi connectivity index (χ4v) is 2.97. The Morgan fingerprint density at radius 3 is 2.50 bits per heavy atom. The van der Waals surface area contributed by atoms with Crippen molar-refractivity contribution in [3.05, 3.63) is 54.4 Å². The number of anilines is 1. The summed E-state index contributed by atoms with van der Waals surface area (Å²) in [6.07, 6.45) is 3.21. The summed E-state index contributed by atoms with van der Waals surface area (Å²) < 4.78 is 7.03. The van der Waals surface area contributed by atoms with Crippen molar-refractivity contribution in [2.75, 3.05) is 12.4 Å². The second-order valence-electron chi connectivity index (χ2n) is 6.72. The van der Waals surface area contributed by atoms with E-state index in [-0.39, 0.29) is 18.0 Å². The number of benzene rings is 1. The molecule has 1 aromatic carbocycles. The Hall–Kier alpha value is -3.88. The van der Waals surface area contributed by atoms with E-state index >= 15 is 0 Å². The van der Waals surface area contributed by atoms with Gasteiger partial charge >= 0.3 is 12.0 Å². The molecule has 30 heavy (non-hydrogen) atoms. The number of hydrogen-bond acceptors (Lipinski definition) is 5. The average molecular weight is 410 g/mol. The molecule has 0 saturated heterocycles. The number of para-hydroxylation sites is 1. The fraction of sp³-hybridized carbons (Fsp3) is 0.238. The Morgan fingerprint density at radius 1 is 1.13 bits per heavy atom. The van der Waals surface area contributed by atoms with E-state index in [2.05, 4.69) is 10.6 Å². The number of rotatable bonds is 5. The molecular formula is C21H22N4O5. The number of ether oxygens (including phenoxy) is 1. The van der Waals surface area contributed by atoms with Crippen LogP contribution >= 0.6 is 0 Å². The topological polar surface area (TPSA) is 110 Å². The first kappa shape index (κ1) is 20.8. The second-order valence-corrected chi connectivity index (χ2v) is 6.72. The maximum absolute atomic E-state index is 12.5. The number of carbonyl (C=O) groups excluding carboxylic acids is 4. The molecule has 1 unspecified atom stereocenters. The molecule has 9 nitrogen and oxygen atoms in total. The number of aromatic nitrogens is 1. The van der Waals surface area contributed by atoms with Crippen LogP contribution in [0.25, 0.3) is 5.69 Å². The van der Waals surface area contributed by atoms with Gasteiger partial charge in [-0.15, -0.1) is 0 Å². The molecule has 1 aliphatic heterocycles. The largest absolute Gasteiger partial charge is 0.407 e. The van der Waals surface area contributed by atoms with Crippen molar-refractivity contribution in [2.45, 2.75) is 26.3 Å². The summed E-state index contributed by atoms with van der Waals surface area (Å²) in [4.78, 5) is 50.2. The molecular weight excluding hydrogens is 388 g/mol. The van der Waals surface area contributed by atoms with E-state index in [0.29, 0.717) is 5.57 Å². The van der Waals surface area contributed by atoms with E-state index in [0.717, 1.165) is 5.69 Å². The van der Waals surface area contributed by atoms with Crippen molar-refractivity contribution in [3.63, 3.8) is 0 Å². The van der Waals surface area contributed by atoms with Crippen molar-refractivity contribution in [1.82, 2.24) is 14.8 Å². The van der Waals surface area contributed by atoms with Gasteiger partial charge in [-0.05, 0) is 25.1 Å². The van der Waals surface area contributed by atoms with Crippen molar-refractivity contribution in [1.29, 1.82) is 0 Å². The minimum absolute atomic E-state index is 0.123. The third-order valence-electron chi connectivity index (χ3n) is 4.53. The first-order chi connectivity index (χ1) is 14.3. The predicted octanol–water partition coefficient (Wildman–Crippen LogP) is 2.23. The first-order valence-corrected chi connectivity index (χ1v) is 9.36. The van der Waals surface area contributed by atoms with Gasteiger partial charge in [-0.1, -0.05) is 25.1 Å². The summed E-state index contributed by atoms with van der Waals surface area (Å²) in [5, 5.41) is 4.95. The van der Waals surface area contributed by atoms with Crippen LogP contribution in [0.5, 0.6) is 5.88 Å². The minimum Gasteiger partial charge on any atom is -0.407 e. The van der Waals surface area contributed by atoms with Crippen LogP contribution in [0.4, 0.5) is 10.5 Å². The zero-order chi connectivity index (χ0) is 21.8. The Bertz CT molecular complexity index is 1030. The van der Waals surface area contributed by atoms with Gasteiger partial charge in [0.05, 0.1) is 0 Å². The van der Waals surface area contributed by atoms with Crippen molar-refractivity contribution >= 4 is 29.4 Å². The van der Waals surface area contributed by atoms with E-state index in [9.17, 15) is 19.2 Å². The Morgan fingerprint density at radius 2 is 1.83 bits per heavy atom. The molecule has 0 fully saturated rings. The number of esters is 1. The SMILES string of the molecule is CCC(=O)Oc1c(NC(=O)NC2C(=O)C(C)=CN(C)C2=O)ccn1-c1ccccc1. The van der Waals surface area contributed by atoms with E-state index in [1.165, 1.54) is 18.1 Å². The van der Waals surface area contributed by atoms with Crippen molar-refractivity contribution < 1.29 is 23.9 Å². The normalized spacial score (nSPS) is 16.2. The number of hydrogen-bond donors (Lipinski definition) is 2. The van der Waals surface area contributed by atoms with Crippen LogP contribution in [0.2, 0.25) is 0 Å². The van der Waals surface area contributed by atoms with E-state index in [1.807, 2.05) is 30.3 Å². The molecule has 2 aromatic rings. The highest BCUT2D eigenvalue weighted by atomic mass is 16.5. The van der Waals surface area contributed by atoms with E-state index in [4.69, 9.17) is 4.74 Å². The zero-order valence-electron chi connectivity index (χ0n) is 16.8. The first-order valence-electron chi connectivity index (χ1n) is 9.36. The molecule has 2 heterocycles. The summed E-state index contributed by atoms with van der Waals surface area (Å²) in [5.74, 6) is -1.37. The van der Waals surface area contributed by atoms with Crippen LogP contribution in [0.3, 0.4) is 0 Å². The van der Waals surface area contributed by atoms with Gasteiger partial charge in [0.1, 0.15) is 5.69 Å². The molecule has 0 radical (unpaired) electrons. The number of ketones is 1. The molecule has 1 aromatic heterocycles. The smallest absolute Gasteiger partial charge is 0.320 e. The highest BCUT2D eigenvalue weighted by Crippen LogP contribution is 2.30. The summed E-state index contributed by atoms with van der Waals surface area (Å²) in [7, 11) is 1.51. The number of amides is 3. The third-order valence-corrected chi connectivity index (χ3v) is 4.53. The lowest BCUT2D eigenvalue weighted by atomic mass is 10.0. The third kappa shape index (κ3) is 4.24.